The molecule has 1 aromatic carbocycles. The minimum Gasteiger partial charge on any atom is -0.279 e. The summed E-state index contributed by atoms with van der Waals surface area (Å²) in [7, 11) is 0. The summed E-state index contributed by atoms with van der Waals surface area (Å²) in [6.45, 7) is 1.73. The number of hydrogen-bond acceptors (Lipinski definition) is 2. The molecular formula is C14H10BrClFN3. The van der Waals surface area contributed by atoms with Gasteiger partial charge in [-0.05, 0) is 41.1 Å². The van der Waals surface area contributed by atoms with Gasteiger partial charge in [0, 0.05) is 16.2 Å². The topological polar surface area (TPSA) is 30.7 Å². The molecule has 3 aromatic rings. The van der Waals surface area contributed by atoms with Crippen molar-refractivity contribution in [1.82, 2.24) is 14.5 Å². The summed E-state index contributed by atoms with van der Waals surface area (Å²) >= 11 is 9.33. The molecule has 0 aliphatic heterocycles. The summed E-state index contributed by atoms with van der Waals surface area (Å²) in [5.41, 5.74) is 2.64. The first-order valence-electron chi connectivity index (χ1n) is 5.96. The largest absolute Gasteiger partial charge is 0.279 e. The Bertz CT molecular complexity index is 800. The molecule has 0 unspecified atom stereocenters. The van der Waals surface area contributed by atoms with Gasteiger partial charge in [-0.3, -0.25) is 4.57 Å². The first kappa shape index (κ1) is 13.5. The summed E-state index contributed by atoms with van der Waals surface area (Å²) in [6, 6.07) is 6.80. The number of hydrogen-bond donors (Lipinski definition) is 0. The molecule has 0 N–H and O–H groups in total. The molecule has 3 nitrogen and oxygen atoms in total. The first-order valence-corrected chi connectivity index (χ1v) is 7.29. The van der Waals surface area contributed by atoms with Crippen molar-refractivity contribution in [3.63, 3.8) is 0 Å². The summed E-state index contributed by atoms with van der Waals surface area (Å²) in [5.74, 6) is 0.604. The third kappa shape index (κ3) is 2.11. The molecule has 0 saturated carbocycles. The fourth-order valence-corrected chi connectivity index (χ4v) is 2.67. The molecule has 6 heteroatoms. The highest BCUT2D eigenvalue weighted by atomic mass is 79.9. The zero-order valence-electron chi connectivity index (χ0n) is 10.6. The van der Waals surface area contributed by atoms with Gasteiger partial charge in [-0.15, -0.1) is 11.6 Å². The van der Waals surface area contributed by atoms with E-state index >= 15 is 0 Å². The molecule has 102 valence electrons. The molecule has 2 heterocycles. The van der Waals surface area contributed by atoms with Gasteiger partial charge in [0.05, 0.1) is 11.6 Å². The number of pyridine rings is 1. The van der Waals surface area contributed by atoms with Crippen molar-refractivity contribution in [2.75, 3.05) is 0 Å². The van der Waals surface area contributed by atoms with Gasteiger partial charge >= 0.3 is 0 Å². The van der Waals surface area contributed by atoms with E-state index in [1.165, 1.54) is 6.07 Å². The van der Waals surface area contributed by atoms with Crippen LogP contribution in [0.2, 0.25) is 0 Å². The zero-order chi connectivity index (χ0) is 14.3. The fraction of sp³-hybridized carbons (Fsp3) is 0.143. The second-order valence-electron chi connectivity index (χ2n) is 4.38. The Morgan fingerprint density at radius 2 is 2.20 bits per heavy atom. The van der Waals surface area contributed by atoms with Gasteiger partial charge in [-0.25, -0.2) is 14.4 Å². The lowest BCUT2D eigenvalue weighted by molar-refractivity contribution is 0.617. The van der Waals surface area contributed by atoms with Crippen molar-refractivity contribution in [2.45, 2.75) is 12.8 Å². The molecule has 0 amide bonds. The van der Waals surface area contributed by atoms with Gasteiger partial charge in [-0.2, -0.15) is 0 Å². The number of fused-ring (bicyclic) bond motifs is 1. The highest BCUT2D eigenvalue weighted by Crippen LogP contribution is 2.26. The van der Waals surface area contributed by atoms with E-state index < -0.39 is 0 Å². The molecule has 0 atom stereocenters. The zero-order valence-corrected chi connectivity index (χ0v) is 12.9. The highest BCUT2D eigenvalue weighted by molar-refractivity contribution is 9.10. The van der Waals surface area contributed by atoms with Crippen molar-refractivity contribution < 1.29 is 4.39 Å². The number of rotatable bonds is 2. The van der Waals surface area contributed by atoms with Crippen LogP contribution in [0.1, 0.15) is 11.4 Å². The van der Waals surface area contributed by atoms with E-state index in [0.29, 0.717) is 22.7 Å². The maximum atomic E-state index is 13.8. The van der Waals surface area contributed by atoms with Crippen molar-refractivity contribution in [2.24, 2.45) is 0 Å². The Kier molecular flexibility index (Phi) is 3.48. The van der Waals surface area contributed by atoms with Gasteiger partial charge in [0.25, 0.3) is 0 Å². The molecule has 0 radical (unpaired) electrons. The molecular weight excluding hydrogens is 345 g/mol. The standard InChI is InChI=1S/C14H10BrClFN3/c1-8-10(17)3-2-4-12(8)20-13(6-16)19-11-5-9(15)7-18-14(11)20/h2-5,7H,6H2,1H3. The summed E-state index contributed by atoms with van der Waals surface area (Å²) in [4.78, 5) is 8.82. The van der Waals surface area contributed by atoms with Gasteiger partial charge in [0.2, 0.25) is 0 Å². The van der Waals surface area contributed by atoms with Crippen LogP contribution in [0.5, 0.6) is 0 Å². The van der Waals surface area contributed by atoms with Crippen LogP contribution in [0.4, 0.5) is 4.39 Å². The van der Waals surface area contributed by atoms with Crippen LogP contribution in [-0.4, -0.2) is 14.5 Å². The monoisotopic (exact) mass is 353 g/mol. The summed E-state index contributed by atoms with van der Waals surface area (Å²) in [6.07, 6.45) is 1.69. The third-order valence-electron chi connectivity index (χ3n) is 3.13. The smallest absolute Gasteiger partial charge is 0.164 e. The molecule has 2 aromatic heterocycles. The Morgan fingerprint density at radius 1 is 1.40 bits per heavy atom. The van der Waals surface area contributed by atoms with E-state index in [1.54, 1.807) is 23.8 Å². The lowest BCUT2D eigenvalue weighted by Crippen LogP contribution is -2.03. The van der Waals surface area contributed by atoms with Crippen LogP contribution in [0.15, 0.2) is 34.9 Å². The first-order chi connectivity index (χ1) is 9.61. The van der Waals surface area contributed by atoms with Crippen molar-refractivity contribution in [3.8, 4) is 5.69 Å². The second-order valence-corrected chi connectivity index (χ2v) is 5.56. The average molecular weight is 355 g/mol. The second kappa shape index (κ2) is 5.14. The van der Waals surface area contributed by atoms with Crippen LogP contribution in [0.3, 0.4) is 0 Å². The number of halogens is 3. The fourth-order valence-electron chi connectivity index (χ4n) is 2.17. The average Bonchev–Trinajstić information content (AvgIpc) is 2.79. The van der Waals surface area contributed by atoms with Gasteiger partial charge in [0.1, 0.15) is 17.2 Å². The maximum Gasteiger partial charge on any atom is 0.164 e. The van der Waals surface area contributed by atoms with E-state index in [-0.39, 0.29) is 11.7 Å². The molecule has 0 bridgehead atoms. The Hall–Kier alpha value is -1.46. The predicted octanol–water partition coefficient (Wildman–Crippen LogP) is 4.37. The van der Waals surface area contributed by atoms with Crippen molar-refractivity contribution >= 4 is 38.7 Å². The number of nitrogens with zero attached hydrogens (tertiary/aromatic N) is 3. The normalized spacial score (nSPS) is 11.2. The molecule has 0 saturated heterocycles. The van der Waals surface area contributed by atoms with E-state index in [9.17, 15) is 4.39 Å². The van der Waals surface area contributed by atoms with Crippen LogP contribution < -0.4 is 0 Å². The van der Waals surface area contributed by atoms with E-state index in [4.69, 9.17) is 11.6 Å². The van der Waals surface area contributed by atoms with Crippen LogP contribution in [0.25, 0.3) is 16.9 Å². The quantitative estimate of drug-likeness (QED) is 0.640. The Morgan fingerprint density at radius 3 is 2.95 bits per heavy atom. The number of aromatic nitrogens is 3. The molecule has 0 aliphatic carbocycles. The molecule has 3 rings (SSSR count). The van der Waals surface area contributed by atoms with E-state index in [1.807, 2.05) is 12.1 Å². The summed E-state index contributed by atoms with van der Waals surface area (Å²) in [5, 5.41) is 0. The van der Waals surface area contributed by atoms with E-state index in [2.05, 4.69) is 25.9 Å². The lowest BCUT2D eigenvalue weighted by Gasteiger charge is -2.10. The molecule has 0 spiro atoms. The van der Waals surface area contributed by atoms with Crippen LogP contribution >= 0.6 is 27.5 Å². The Balaban J connectivity index is 2.37. The Labute approximate surface area is 128 Å². The van der Waals surface area contributed by atoms with E-state index in [0.717, 1.165) is 9.99 Å². The van der Waals surface area contributed by atoms with Gasteiger partial charge < -0.3 is 0 Å². The van der Waals surface area contributed by atoms with Crippen LogP contribution in [-0.2, 0) is 5.88 Å². The minimum atomic E-state index is -0.262. The maximum absolute atomic E-state index is 13.8. The summed E-state index contributed by atoms with van der Waals surface area (Å²) < 4.78 is 16.4. The number of benzene rings is 1. The highest BCUT2D eigenvalue weighted by Gasteiger charge is 2.16. The minimum absolute atomic E-state index is 0.226. The van der Waals surface area contributed by atoms with Crippen molar-refractivity contribution in [3.05, 3.63) is 52.1 Å². The SMILES string of the molecule is Cc1c(F)cccc1-n1c(CCl)nc2cc(Br)cnc21. The van der Waals surface area contributed by atoms with Gasteiger partial charge in [0.15, 0.2) is 5.65 Å². The van der Waals surface area contributed by atoms with Gasteiger partial charge in [-0.1, -0.05) is 6.07 Å². The number of imidazole rings is 1. The van der Waals surface area contributed by atoms with Crippen LogP contribution in [0, 0.1) is 12.7 Å². The predicted molar refractivity (Wildman–Crippen MR) is 80.8 cm³/mol. The molecule has 20 heavy (non-hydrogen) atoms. The molecule has 0 aliphatic rings. The molecule has 0 fully saturated rings. The lowest BCUT2D eigenvalue weighted by atomic mass is 10.2. The third-order valence-corrected chi connectivity index (χ3v) is 3.81. The van der Waals surface area contributed by atoms with Crippen molar-refractivity contribution in [1.29, 1.82) is 0 Å². The number of alkyl halides is 1.